The van der Waals surface area contributed by atoms with Crippen molar-refractivity contribution in [3.63, 3.8) is 0 Å². The number of halogens is 2. The van der Waals surface area contributed by atoms with Crippen LogP contribution >= 0.6 is 0 Å². The molecule has 0 bridgehead atoms. The zero-order valence-electron chi connectivity index (χ0n) is 9.95. The van der Waals surface area contributed by atoms with Gasteiger partial charge in [0.15, 0.2) is 5.79 Å². The Bertz CT molecular complexity index is 385. The van der Waals surface area contributed by atoms with Gasteiger partial charge in [0.2, 0.25) is 0 Å². The SMILES string of the molecule is Cn1cc(C2(C)OCCCCO2)c(C(F)F)n1. The molecular weight excluding hydrogens is 230 g/mol. The first kappa shape index (κ1) is 12.4. The quantitative estimate of drug-likeness (QED) is 0.803. The van der Waals surface area contributed by atoms with Gasteiger partial charge in [-0.1, -0.05) is 0 Å². The van der Waals surface area contributed by atoms with E-state index in [1.165, 1.54) is 10.9 Å². The van der Waals surface area contributed by atoms with Crippen molar-refractivity contribution in [2.45, 2.75) is 32.0 Å². The van der Waals surface area contributed by atoms with E-state index in [0.29, 0.717) is 18.8 Å². The van der Waals surface area contributed by atoms with Gasteiger partial charge in [0, 0.05) is 13.2 Å². The standard InChI is InChI=1S/C11H16F2N2O2/c1-11(16-5-3-4-6-17-11)8-7-15(2)14-9(8)10(12)13/h7,10H,3-6H2,1-2H3. The van der Waals surface area contributed by atoms with Crippen LogP contribution in [0.5, 0.6) is 0 Å². The van der Waals surface area contributed by atoms with Gasteiger partial charge in [-0.05, 0) is 19.8 Å². The fraction of sp³-hybridized carbons (Fsp3) is 0.727. The maximum absolute atomic E-state index is 12.9. The Hall–Kier alpha value is -1.01. The Morgan fingerprint density at radius 3 is 2.47 bits per heavy atom. The molecule has 1 aliphatic heterocycles. The van der Waals surface area contributed by atoms with Crippen LogP contribution in [0.15, 0.2) is 6.20 Å². The molecule has 6 heteroatoms. The predicted octanol–water partition coefficient (Wildman–Crippen LogP) is 2.36. The van der Waals surface area contributed by atoms with Crippen LogP contribution < -0.4 is 0 Å². The predicted molar refractivity (Wildman–Crippen MR) is 56.7 cm³/mol. The number of nitrogens with zero attached hydrogens (tertiary/aromatic N) is 2. The summed E-state index contributed by atoms with van der Waals surface area (Å²) in [5.74, 6) is -1.11. The molecule has 1 saturated heterocycles. The summed E-state index contributed by atoms with van der Waals surface area (Å²) in [7, 11) is 1.61. The van der Waals surface area contributed by atoms with E-state index >= 15 is 0 Å². The van der Waals surface area contributed by atoms with Gasteiger partial charge in [-0.25, -0.2) is 8.78 Å². The molecule has 2 heterocycles. The van der Waals surface area contributed by atoms with Crippen LogP contribution in [0.3, 0.4) is 0 Å². The molecule has 1 aliphatic rings. The molecule has 17 heavy (non-hydrogen) atoms. The monoisotopic (exact) mass is 246 g/mol. The fourth-order valence-corrected chi connectivity index (χ4v) is 1.95. The van der Waals surface area contributed by atoms with Crippen LogP contribution in [0.1, 0.15) is 37.4 Å². The van der Waals surface area contributed by atoms with Crippen molar-refractivity contribution in [1.82, 2.24) is 9.78 Å². The highest BCUT2D eigenvalue weighted by Crippen LogP contribution is 2.35. The van der Waals surface area contributed by atoms with Gasteiger partial charge >= 0.3 is 0 Å². The summed E-state index contributed by atoms with van der Waals surface area (Å²) in [6.07, 6.45) is 0.658. The van der Waals surface area contributed by atoms with Crippen LogP contribution in [-0.2, 0) is 22.3 Å². The number of alkyl halides is 2. The van der Waals surface area contributed by atoms with Gasteiger partial charge in [-0.2, -0.15) is 5.10 Å². The maximum Gasteiger partial charge on any atom is 0.282 e. The molecule has 4 nitrogen and oxygen atoms in total. The Kier molecular flexibility index (Phi) is 3.44. The lowest BCUT2D eigenvalue weighted by atomic mass is 10.1. The number of hydrogen-bond donors (Lipinski definition) is 0. The average molecular weight is 246 g/mol. The van der Waals surface area contributed by atoms with E-state index in [2.05, 4.69) is 5.10 Å². The van der Waals surface area contributed by atoms with Crippen molar-refractivity contribution >= 4 is 0 Å². The van der Waals surface area contributed by atoms with E-state index in [9.17, 15) is 8.78 Å². The molecule has 0 amide bonds. The lowest BCUT2D eigenvalue weighted by Crippen LogP contribution is -2.29. The topological polar surface area (TPSA) is 36.3 Å². The van der Waals surface area contributed by atoms with Gasteiger partial charge < -0.3 is 9.47 Å². The molecule has 2 rings (SSSR count). The van der Waals surface area contributed by atoms with Crippen molar-refractivity contribution in [3.8, 4) is 0 Å². The van der Waals surface area contributed by atoms with Crippen molar-refractivity contribution < 1.29 is 18.3 Å². The van der Waals surface area contributed by atoms with E-state index in [4.69, 9.17) is 9.47 Å². The number of rotatable bonds is 2. The summed E-state index contributed by atoms with van der Waals surface area (Å²) in [4.78, 5) is 0. The normalized spacial score (nSPS) is 20.5. The van der Waals surface area contributed by atoms with Crippen molar-refractivity contribution in [1.29, 1.82) is 0 Å². The number of aromatic nitrogens is 2. The van der Waals surface area contributed by atoms with Gasteiger partial charge in [-0.15, -0.1) is 0 Å². The highest BCUT2D eigenvalue weighted by molar-refractivity contribution is 5.23. The molecule has 1 aromatic heterocycles. The van der Waals surface area contributed by atoms with Gasteiger partial charge in [0.25, 0.3) is 6.43 Å². The van der Waals surface area contributed by atoms with E-state index in [1.807, 2.05) is 0 Å². The third-order valence-corrected chi connectivity index (χ3v) is 2.85. The van der Waals surface area contributed by atoms with Gasteiger partial charge in [0.05, 0.1) is 18.8 Å². The van der Waals surface area contributed by atoms with Crippen LogP contribution in [0.2, 0.25) is 0 Å². The molecule has 0 saturated carbocycles. The molecule has 96 valence electrons. The number of aryl methyl sites for hydroxylation is 1. The molecule has 0 unspecified atom stereocenters. The Morgan fingerprint density at radius 1 is 1.35 bits per heavy atom. The minimum Gasteiger partial charge on any atom is -0.346 e. The summed E-state index contributed by atoms with van der Waals surface area (Å²) in [5, 5.41) is 3.77. The molecule has 1 fully saturated rings. The van der Waals surface area contributed by atoms with Crippen molar-refractivity contribution in [2.75, 3.05) is 13.2 Å². The third-order valence-electron chi connectivity index (χ3n) is 2.85. The smallest absolute Gasteiger partial charge is 0.282 e. The first-order chi connectivity index (χ1) is 8.03. The van der Waals surface area contributed by atoms with Crippen molar-refractivity contribution in [3.05, 3.63) is 17.5 Å². The van der Waals surface area contributed by atoms with E-state index in [1.54, 1.807) is 14.0 Å². The molecule has 0 aliphatic carbocycles. The Morgan fingerprint density at radius 2 is 1.94 bits per heavy atom. The fourth-order valence-electron chi connectivity index (χ4n) is 1.95. The zero-order valence-corrected chi connectivity index (χ0v) is 9.95. The third kappa shape index (κ3) is 2.47. The summed E-state index contributed by atoms with van der Waals surface area (Å²) in [5.41, 5.74) is 0.0498. The first-order valence-corrected chi connectivity index (χ1v) is 5.63. The first-order valence-electron chi connectivity index (χ1n) is 5.63. The average Bonchev–Trinajstić information content (AvgIpc) is 2.53. The second-order valence-electron chi connectivity index (χ2n) is 4.25. The van der Waals surface area contributed by atoms with Gasteiger partial charge in [0.1, 0.15) is 5.69 Å². The van der Waals surface area contributed by atoms with Gasteiger partial charge in [-0.3, -0.25) is 4.68 Å². The molecule has 0 radical (unpaired) electrons. The molecular formula is C11H16F2N2O2. The molecule has 0 spiro atoms. The largest absolute Gasteiger partial charge is 0.346 e. The minimum absolute atomic E-state index is 0.267. The molecule has 1 aromatic rings. The highest BCUT2D eigenvalue weighted by atomic mass is 19.3. The second-order valence-corrected chi connectivity index (χ2v) is 4.25. The summed E-state index contributed by atoms with van der Waals surface area (Å²) < 4.78 is 38.3. The summed E-state index contributed by atoms with van der Waals surface area (Å²) in [6, 6.07) is 0. The Labute approximate surface area is 98.5 Å². The van der Waals surface area contributed by atoms with Crippen LogP contribution in [0, 0.1) is 0 Å². The minimum atomic E-state index is -2.63. The highest BCUT2D eigenvalue weighted by Gasteiger charge is 2.36. The molecule has 0 atom stereocenters. The van der Waals surface area contributed by atoms with Crippen LogP contribution in [0.25, 0.3) is 0 Å². The zero-order chi connectivity index (χ0) is 12.5. The molecule has 0 N–H and O–H groups in total. The van der Waals surface area contributed by atoms with E-state index < -0.39 is 12.2 Å². The van der Waals surface area contributed by atoms with Crippen LogP contribution in [-0.4, -0.2) is 23.0 Å². The summed E-state index contributed by atoms with van der Waals surface area (Å²) >= 11 is 0. The van der Waals surface area contributed by atoms with E-state index in [-0.39, 0.29) is 5.69 Å². The van der Waals surface area contributed by atoms with Crippen LogP contribution in [0.4, 0.5) is 8.78 Å². The lowest BCUT2D eigenvalue weighted by molar-refractivity contribution is -0.222. The number of ether oxygens (including phenoxy) is 2. The second kappa shape index (κ2) is 4.70. The lowest BCUT2D eigenvalue weighted by Gasteiger charge is -2.27. The Balaban J connectivity index is 2.36. The molecule has 0 aromatic carbocycles. The summed E-state index contributed by atoms with van der Waals surface area (Å²) in [6.45, 7) is 2.68. The number of hydrogen-bond acceptors (Lipinski definition) is 3. The maximum atomic E-state index is 12.9. The van der Waals surface area contributed by atoms with Crippen molar-refractivity contribution in [2.24, 2.45) is 7.05 Å². The van der Waals surface area contributed by atoms with E-state index in [0.717, 1.165) is 12.8 Å².